The van der Waals surface area contributed by atoms with Crippen molar-refractivity contribution in [2.75, 3.05) is 0 Å². The summed E-state index contributed by atoms with van der Waals surface area (Å²) in [7, 11) is 0. The van der Waals surface area contributed by atoms with Gasteiger partial charge in [-0.1, -0.05) is 88.8 Å². The molecular formula is C24H32O3. The minimum absolute atomic E-state index is 0.472. The lowest BCUT2D eigenvalue weighted by atomic mass is 9.90. The van der Waals surface area contributed by atoms with E-state index in [0.29, 0.717) is 5.75 Å². The lowest BCUT2D eigenvalue weighted by Gasteiger charge is -2.16. The zero-order chi connectivity index (χ0) is 19.5. The summed E-state index contributed by atoms with van der Waals surface area (Å²) in [6, 6.07) is 14.2. The molecule has 27 heavy (non-hydrogen) atoms. The molecule has 146 valence electrons. The maximum absolute atomic E-state index is 11.2. The number of unbranched alkanes of at least 4 members (excludes halogenated alkanes) is 5. The average molecular weight is 369 g/mol. The smallest absolute Gasteiger partial charge is 0.449 e. The van der Waals surface area contributed by atoms with Crippen LogP contribution < -0.4 is 4.74 Å². The van der Waals surface area contributed by atoms with Crippen molar-refractivity contribution in [3.05, 3.63) is 53.6 Å². The van der Waals surface area contributed by atoms with Crippen LogP contribution in [0.1, 0.15) is 69.9 Å². The minimum Gasteiger partial charge on any atom is -0.449 e. The van der Waals surface area contributed by atoms with E-state index in [-0.39, 0.29) is 0 Å². The Labute approximate surface area is 163 Å². The Balaban J connectivity index is 2.29. The van der Waals surface area contributed by atoms with Crippen molar-refractivity contribution in [3.8, 4) is 16.9 Å². The molecule has 3 heteroatoms. The molecule has 0 amide bonds. The fourth-order valence-electron chi connectivity index (χ4n) is 3.62. The molecule has 3 nitrogen and oxygen atoms in total. The molecule has 0 aliphatic rings. The molecule has 0 atom stereocenters. The second-order valence-electron chi connectivity index (χ2n) is 7.08. The van der Waals surface area contributed by atoms with Crippen LogP contribution in [0.3, 0.4) is 0 Å². The molecule has 1 N–H and O–H groups in total. The SMILES string of the molecule is CCCCCCCCc1c(OC(=O)O)cccc1-c1ccccc1CCC. The van der Waals surface area contributed by atoms with Crippen molar-refractivity contribution in [1.82, 2.24) is 0 Å². The molecule has 0 radical (unpaired) electrons. The van der Waals surface area contributed by atoms with Gasteiger partial charge in [0.05, 0.1) is 0 Å². The summed E-state index contributed by atoms with van der Waals surface area (Å²) in [5, 5.41) is 9.14. The Morgan fingerprint density at radius 3 is 2.26 bits per heavy atom. The number of benzene rings is 2. The van der Waals surface area contributed by atoms with Gasteiger partial charge in [-0.2, -0.15) is 0 Å². The highest BCUT2D eigenvalue weighted by Gasteiger charge is 2.15. The maximum Gasteiger partial charge on any atom is 0.511 e. The monoisotopic (exact) mass is 368 g/mol. The van der Waals surface area contributed by atoms with Crippen molar-refractivity contribution in [1.29, 1.82) is 0 Å². The van der Waals surface area contributed by atoms with Crippen LogP contribution in [-0.2, 0) is 12.8 Å². The molecule has 0 aromatic heterocycles. The summed E-state index contributed by atoms with van der Waals surface area (Å²) in [6.45, 7) is 4.40. The average Bonchev–Trinajstić information content (AvgIpc) is 2.66. The number of aryl methyl sites for hydroxylation is 1. The zero-order valence-corrected chi connectivity index (χ0v) is 16.7. The second-order valence-corrected chi connectivity index (χ2v) is 7.08. The third kappa shape index (κ3) is 6.42. The third-order valence-corrected chi connectivity index (χ3v) is 4.94. The van der Waals surface area contributed by atoms with E-state index >= 15 is 0 Å². The number of ether oxygens (including phenoxy) is 1. The third-order valence-electron chi connectivity index (χ3n) is 4.94. The molecule has 0 saturated carbocycles. The molecular weight excluding hydrogens is 336 g/mol. The number of carbonyl (C=O) groups is 1. The summed E-state index contributed by atoms with van der Waals surface area (Å²) in [4.78, 5) is 11.2. The lowest BCUT2D eigenvalue weighted by molar-refractivity contribution is 0.144. The van der Waals surface area contributed by atoms with Crippen molar-refractivity contribution >= 4 is 6.16 Å². The fourth-order valence-corrected chi connectivity index (χ4v) is 3.62. The fraction of sp³-hybridized carbons (Fsp3) is 0.458. The molecule has 0 unspecified atom stereocenters. The summed E-state index contributed by atoms with van der Waals surface area (Å²) < 4.78 is 5.12. The Kier molecular flexibility index (Phi) is 8.90. The molecule has 0 spiro atoms. The Morgan fingerprint density at radius 1 is 0.815 bits per heavy atom. The normalized spacial score (nSPS) is 10.7. The zero-order valence-electron chi connectivity index (χ0n) is 16.7. The summed E-state index contributed by atoms with van der Waals surface area (Å²) >= 11 is 0. The molecule has 0 aliphatic carbocycles. The molecule has 2 aromatic rings. The Hall–Kier alpha value is -2.29. The predicted molar refractivity (Wildman–Crippen MR) is 112 cm³/mol. The molecule has 2 aromatic carbocycles. The van der Waals surface area contributed by atoms with E-state index in [0.717, 1.165) is 43.2 Å². The quantitative estimate of drug-likeness (QED) is 0.258. The van der Waals surface area contributed by atoms with Crippen LogP contribution >= 0.6 is 0 Å². The Bertz CT molecular complexity index is 721. The highest BCUT2D eigenvalue weighted by Crippen LogP contribution is 2.34. The van der Waals surface area contributed by atoms with Crippen LogP contribution in [0, 0.1) is 0 Å². The van der Waals surface area contributed by atoms with Gasteiger partial charge in [0.2, 0.25) is 0 Å². The number of hydrogen-bond acceptors (Lipinski definition) is 2. The van der Waals surface area contributed by atoms with E-state index < -0.39 is 6.16 Å². The van der Waals surface area contributed by atoms with E-state index in [4.69, 9.17) is 9.84 Å². The molecule has 0 fully saturated rings. The predicted octanol–water partition coefficient (Wildman–Crippen LogP) is 7.27. The summed E-state index contributed by atoms with van der Waals surface area (Å²) in [5.74, 6) is 0.472. The molecule has 2 rings (SSSR count). The van der Waals surface area contributed by atoms with E-state index in [1.807, 2.05) is 12.1 Å². The number of carboxylic acid groups (broad SMARTS) is 1. The first-order chi connectivity index (χ1) is 13.2. The van der Waals surface area contributed by atoms with Crippen LogP contribution in [0.15, 0.2) is 42.5 Å². The first kappa shape index (κ1) is 21.0. The van der Waals surface area contributed by atoms with Gasteiger partial charge in [-0.3, -0.25) is 0 Å². The van der Waals surface area contributed by atoms with Gasteiger partial charge in [-0.05, 0) is 42.0 Å². The van der Waals surface area contributed by atoms with Gasteiger partial charge in [-0.15, -0.1) is 0 Å². The Morgan fingerprint density at radius 2 is 1.52 bits per heavy atom. The van der Waals surface area contributed by atoms with E-state index in [2.05, 4.69) is 38.1 Å². The van der Waals surface area contributed by atoms with Gasteiger partial charge >= 0.3 is 6.16 Å². The van der Waals surface area contributed by atoms with Crippen LogP contribution in [0.2, 0.25) is 0 Å². The van der Waals surface area contributed by atoms with Gasteiger partial charge in [0, 0.05) is 5.56 Å². The van der Waals surface area contributed by atoms with Crippen molar-refractivity contribution < 1.29 is 14.6 Å². The highest BCUT2D eigenvalue weighted by atomic mass is 16.7. The summed E-state index contributed by atoms with van der Waals surface area (Å²) in [6.07, 6.45) is 8.93. The molecule has 0 heterocycles. The molecule has 0 saturated heterocycles. The largest absolute Gasteiger partial charge is 0.511 e. The van der Waals surface area contributed by atoms with E-state index in [1.165, 1.54) is 36.8 Å². The first-order valence-corrected chi connectivity index (χ1v) is 10.3. The van der Waals surface area contributed by atoms with Gasteiger partial charge < -0.3 is 9.84 Å². The van der Waals surface area contributed by atoms with E-state index in [1.54, 1.807) is 6.07 Å². The molecule has 0 bridgehead atoms. The maximum atomic E-state index is 11.2. The number of rotatable bonds is 11. The van der Waals surface area contributed by atoms with Gasteiger partial charge in [0.25, 0.3) is 0 Å². The van der Waals surface area contributed by atoms with Crippen molar-refractivity contribution in [3.63, 3.8) is 0 Å². The van der Waals surface area contributed by atoms with Crippen LogP contribution in [0.5, 0.6) is 5.75 Å². The second kappa shape index (κ2) is 11.4. The van der Waals surface area contributed by atoms with Gasteiger partial charge in [0.1, 0.15) is 5.75 Å². The minimum atomic E-state index is -1.25. The van der Waals surface area contributed by atoms with E-state index in [9.17, 15) is 4.79 Å². The summed E-state index contributed by atoms with van der Waals surface area (Å²) in [5.41, 5.74) is 4.61. The van der Waals surface area contributed by atoms with Gasteiger partial charge in [0.15, 0.2) is 0 Å². The van der Waals surface area contributed by atoms with Crippen LogP contribution in [-0.4, -0.2) is 11.3 Å². The lowest BCUT2D eigenvalue weighted by Crippen LogP contribution is -2.06. The first-order valence-electron chi connectivity index (χ1n) is 10.3. The van der Waals surface area contributed by atoms with Crippen LogP contribution in [0.4, 0.5) is 4.79 Å². The standard InChI is InChI=1S/C24H32O3/c1-3-5-6-7-8-9-16-22-21(17-12-18-23(22)27-24(25)26)20-15-11-10-14-19(20)13-4-2/h10-12,14-15,17-18H,3-9,13,16H2,1-2H3,(H,25,26). The topological polar surface area (TPSA) is 46.5 Å². The molecule has 0 aliphatic heterocycles. The highest BCUT2D eigenvalue weighted by molar-refractivity contribution is 5.74. The van der Waals surface area contributed by atoms with Crippen LogP contribution in [0.25, 0.3) is 11.1 Å². The van der Waals surface area contributed by atoms with Gasteiger partial charge in [-0.25, -0.2) is 4.79 Å². The van der Waals surface area contributed by atoms with Crippen molar-refractivity contribution in [2.24, 2.45) is 0 Å². The van der Waals surface area contributed by atoms with Crippen molar-refractivity contribution in [2.45, 2.75) is 71.6 Å². The number of hydrogen-bond donors (Lipinski definition) is 1.